The van der Waals surface area contributed by atoms with Crippen molar-refractivity contribution >= 4 is 5.96 Å². The number of nitrogens with zero attached hydrogens (tertiary/aromatic N) is 2. The number of guanidine groups is 1. The van der Waals surface area contributed by atoms with Gasteiger partial charge >= 0.3 is 0 Å². The minimum atomic E-state index is -0.457. The Morgan fingerprint density at radius 3 is 2.59 bits per heavy atom. The number of ether oxygens (including phenoxy) is 1. The molecule has 0 bridgehead atoms. The number of piperidine rings is 1. The van der Waals surface area contributed by atoms with Gasteiger partial charge in [0.2, 0.25) is 0 Å². The molecule has 1 aliphatic carbocycles. The standard InChI is InChI=1S/C22H32F2N4O/c1-2-25-22(27-20-12-17(20)21-18(23)4-3-5-19(21)24)26-16-6-9-28(10-7-16)13-15-8-11-29-14-15/h3-5,15-17,20H,2,6-14H2,1H3,(H2,25,26,27). The van der Waals surface area contributed by atoms with Crippen molar-refractivity contribution < 1.29 is 13.5 Å². The maximum atomic E-state index is 14.0. The van der Waals surface area contributed by atoms with Crippen molar-refractivity contribution in [3.8, 4) is 0 Å². The summed E-state index contributed by atoms with van der Waals surface area (Å²) >= 11 is 0. The van der Waals surface area contributed by atoms with Gasteiger partial charge in [-0.05, 0) is 50.7 Å². The smallest absolute Gasteiger partial charge is 0.191 e. The Kier molecular flexibility index (Phi) is 6.65. The zero-order valence-electron chi connectivity index (χ0n) is 17.2. The van der Waals surface area contributed by atoms with E-state index in [0.717, 1.165) is 58.1 Å². The van der Waals surface area contributed by atoms with Gasteiger partial charge in [-0.15, -0.1) is 0 Å². The maximum absolute atomic E-state index is 14.0. The quantitative estimate of drug-likeness (QED) is 0.563. The molecular formula is C22H32F2N4O. The third-order valence-corrected chi connectivity index (χ3v) is 6.27. The molecule has 3 atom stereocenters. The van der Waals surface area contributed by atoms with Crippen LogP contribution >= 0.6 is 0 Å². The number of hydrogen-bond donors (Lipinski definition) is 2. The van der Waals surface area contributed by atoms with E-state index in [2.05, 4.69) is 20.5 Å². The Morgan fingerprint density at radius 2 is 1.93 bits per heavy atom. The molecule has 2 aliphatic heterocycles. The Hall–Kier alpha value is -1.73. The summed E-state index contributed by atoms with van der Waals surface area (Å²) in [4.78, 5) is 7.09. The molecule has 1 saturated carbocycles. The number of nitrogens with one attached hydrogen (secondary N) is 2. The highest BCUT2D eigenvalue weighted by atomic mass is 19.1. The fourth-order valence-electron chi connectivity index (χ4n) is 4.55. The van der Waals surface area contributed by atoms with Crippen LogP contribution in [-0.2, 0) is 4.74 Å². The molecule has 2 N–H and O–H groups in total. The van der Waals surface area contributed by atoms with Crippen molar-refractivity contribution in [1.82, 2.24) is 15.5 Å². The van der Waals surface area contributed by atoms with E-state index in [1.807, 2.05) is 6.92 Å². The van der Waals surface area contributed by atoms with E-state index in [9.17, 15) is 8.78 Å². The van der Waals surface area contributed by atoms with Crippen molar-refractivity contribution in [2.45, 2.75) is 50.6 Å². The number of hydrogen-bond acceptors (Lipinski definition) is 3. The van der Waals surface area contributed by atoms with Crippen LogP contribution in [0.5, 0.6) is 0 Å². The average Bonchev–Trinajstić information content (AvgIpc) is 3.23. The highest BCUT2D eigenvalue weighted by Crippen LogP contribution is 2.43. The number of halogens is 2. The van der Waals surface area contributed by atoms with Crippen LogP contribution in [0.2, 0.25) is 0 Å². The first-order chi connectivity index (χ1) is 14.1. The molecule has 3 fully saturated rings. The number of aliphatic imine (C=N–C) groups is 1. The highest BCUT2D eigenvalue weighted by molar-refractivity contribution is 5.81. The van der Waals surface area contributed by atoms with Gasteiger partial charge in [-0.2, -0.15) is 0 Å². The number of rotatable bonds is 6. The van der Waals surface area contributed by atoms with Gasteiger partial charge in [0.25, 0.3) is 0 Å². The lowest BCUT2D eigenvalue weighted by Gasteiger charge is -2.34. The summed E-state index contributed by atoms with van der Waals surface area (Å²) < 4.78 is 33.5. The van der Waals surface area contributed by atoms with Crippen molar-refractivity contribution in [1.29, 1.82) is 0 Å². The molecule has 0 aromatic heterocycles. The molecule has 1 aromatic carbocycles. The summed E-state index contributed by atoms with van der Waals surface area (Å²) in [6.45, 7) is 7.78. The molecule has 0 amide bonds. The first-order valence-corrected chi connectivity index (χ1v) is 11.0. The van der Waals surface area contributed by atoms with Crippen LogP contribution in [0.1, 0.15) is 44.1 Å². The first-order valence-electron chi connectivity index (χ1n) is 11.0. The summed E-state index contributed by atoms with van der Waals surface area (Å²) in [5, 5.41) is 6.93. The van der Waals surface area contributed by atoms with Crippen LogP contribution in [0.15, 0.2) is 23.2 Å². The first kappa shape index (κ1) is 20.5. The van der Waals surface area contributed by atoms with Crippen LogP contribution in [0.4, 0.5) is 8.78 Å². The molecule has 160 valence electrons. The van der Waals surface area contributed by atoms with E-state index >= 15 is 0 Å². The van der Waals surface area contributed by atoms with Gasteiger partial charge in [0, 0.05) is 56.4 Å². The van der Waals surface area contributed by atoms with Gasteiger partial charge in [-0.1, -0.05) is 6.07 Å². The fourth-order valence-corrected chi connectivity index (χ4v) is 4.55. The third kappa shape index (κ3) is 5.25. The van der Waals surface area contributed by atoms with Crippen LogP contribution < -0.4 is 10.6 Å². The minimum absolute atomic E-state index is 0.0293. The number of likely N-dealkylation sites (tertiary alicyclic amines) is 1. The number of benzene rings is 1. The van der Waals surface area contributed by atoms with E-state index in [-0.39, 0.29) is 17.5 Å². The Bertz CT molecular complexity index is 695. The van der Waals surface area contributed by atoms with E-state index in [0.29, 0.717) is 18.5 Å². The molecular weight excluding hydrogens is 374 g/mol. The molecule has 4 rings (SSSR count). The third-order valence-electron chi connectivity index (χ3n) is 6.27. The topological polar surface area (TPSA) is 48.9 Å². The molecule has 1 aromatic rings. The highest BCUT2D eigenvalue weighted by Gasteiger charge is 2.42. The zero-order valence-corrected chi connectivity index (χ0v) is 17.2. The van der Waals surface area contributed by atoms with E-state index in [1.165, 1.54) is 24.6 Å². The lowest BCUT2D eigenvalue weighted by molar-refractivity contribution is 0.150. The van der Waals surface area contributed by atoms with Crippen LogP contribution in [-0.4, -0.2) is 62.3 Å². The van der Waals surface area contributed by atoms with E-state index in [4.69, 9.17) is 4.74 Å². The van der Waals surface area contributed by atoms with Gasteiger partial charge in [0.1, 0.15) is 11.6 Å². The predicted molar refractivity (Wildman–Crippen MR) is 110 cm³/mol. The molecule has 7 heteroatoms. The van der Waals surface area contributed by atoms with Crippen molar-refractivity contribution in [3.05, 3.63) is 35.4 Å². The van der Waals surface area contributed by atoms with Crippen molar-refractivity contribution in [3.63, 3.8) is 0 Å². The summed E-state index contributed by atoms with van der Waals surface area (Å²) in [6.07, 6.45) is 4.06. The summed E-state index contributed by atoms with van der Waals surface area (Å²) in [6, 6.07) is 4.49. The molecule has 3 unspecified atom stereocenters. The zero-order chi connectivity index (χ0) is 20.2. The summed E-state index contributed by atoms with van der Waals surface area (Å²) in [5.74, 6) is 0.404. The van der Waals surface area contributed by atoms with Gasteiger partial charge < -0.3 is 20.3 Å². The van der Waals surface area contributed by atoms with Crippen LogP contribution in [0.25, 0.3) is 0 Å². The Labute approximate surface area is 171 Å². The lowest BCUT2D eigenvalue weighted by Crippen LogP contribution is -2.50. The predicted octanol–water partition coefficient (Wildman–Crippen LogP) is 2.88. The molecule has 5 nitrogen and oxygen atoms in total. The van der Waals surface area contributed by atoms with Crippen LogP contribution in [0.3, 0.4) is 0 Å². The SMILES string of the molecule is CCN=C(NC1CCN(CC2CCOC2)CC1)NC1CC1c1c(F)cccc1F. The molecule has 0 radical (unpaired) electrons. The summed E-state index contributed by atoms with van der Waals surface area (Å²) in [7, 11) is 0. The van der Waals surface area contributed by atoms with Crippen molar-refractivity contribution in [2.24, 2.45) is 10.9 Å². The van der Waals surface area contributed by atoms with Gasteiger partial charge in [-0.3, -0.25) is 4.99 Å². The van der Waals surface area contributed by atoms with E-state index < -0.39 is 11.6 Å². The van der Waals surface area contributed by atoms with Gasteiger partial charge in [0.05, 0.1) is 6.61 Å². The molecule has 2 heterocycles. The largest absolute Gasteiger partial charge is 0.381 e. The monoisotopic (exact) mass is 406 g/mol. The fraction of sp³-hybridized carbons (Fsp3) is 0.682. The minimum Gasteiger partial charge on any atom is -0.381 e. The summed E-state index contributed by atoms with van der Waals surface area (Å²) in [5.41, 5.74) is 0.199. The molecule has 3 aliphatic rings. The van der Waals surface area contributed by atoms with Crippen LogP contribution in [0, 0.1) is 17.6 Å². The second-order valence-corrected chi connectivity index (χ2v) is 8.50. The van der Waals surface area contributed by atoms with Gasteiger partial charge in [-0.25, -0.2) is 8.78 Å². The molecule has 29 heavy (non-hydrogen) atoms. The Morgan fingerprint density at radius 1 is 1.17 bits per heavy atom. The normalized spacial score (nSPS) is 28.5. The Balaban J connectivity index is 1.26. The molecule has 2 saturated heterocycles. The second kappa shape index (κ2) is 9.39. The maximum Gasteiger partial charge on any atom is 0.191 e. The average molecular weight is 407 g/mol. The van der Waals surface area contributed by atoms with Gasteiger partial charge in [0.15, 0.2) is 5.96 Å². The van der Waals surface area contributed by atoms with Crippen molar-refractivity contribution in [2.75, 3.05) is 39.4 Å². The van der Waals surface area contributed by atoms with E-state index in [1.54, 1.807) is 0 Å². The second-order valence-electron chi connectivity index (χ2n) is 8.50. The molecule has 0 spiro atoms. The lowest BCUT2D eigenvalue weighted by atomic mass is 10.0.